The van der Waals surface area contributed by atoms with E-state index in [4.69, 9.17) is 5.73 Å². The summed E-state index contributed by atoms with van der Waals surface area (Å²) in [5, 5.41) is 3.05. The minimum Gasteiger partial charge on any atom is -0.368 e. The highest BCUT2D eigenvalue weighted by atomic mass is 16.1. The maximum Gasteiger partial charge on any atom is 0.239 e. The number of hydrogen-bond donors (Lipinski definition) is 2. The zero-order valence-corrected chi connectivity index (χ0v) is 6.58. The fourth-order valence-electron chi connectivity index (χ4n) is 1.55. The van der Waals surface area contributed by atoms with Crippen molar-refractivity contribution in [2.45, 2.75) is 12.6 Å². The van der Waals surface area contributed by atoms with Crippen molar-refractivity contribution in [1.82, 2.24) is 5.32 Å². The van der Waals surface area contributed by atoms with Gasteiger partial charge in [-0.05, 0) is 11.1 Å². The topological polar surface area (TPSA) is 55.1 Å². The molecule has 62 valence electrons. The number of carbonyl (C=O) groups is 1. The van der Waals surface area contributed by atoms with Gasteiger partial charge in [-0.15, -0.1) is 0 Å². The lowest BCUT2D eigenvalue weighted by Crippen LogP contribution is -2.28. The lowest BCUT2D eigenvalue weighted by molar-refractivity contribution is -0.119. The Labute approximate surface area is 70.6 Å². The molecule has 3 N–H and O–H groups in total. The third-order valence-electron chi connectivity index (χ3n) is 2.15. The molecule has 3 heteroatoms. The number of nitrogens with two attached hydrogens (primary N) is 1. The molecule has 0 unspecified atom stereocenters. The van der Waals surface area contributed by atoms with E-state index >= 15 is 0 Å². The summed E-state index contributed by atoms with van der Waals surface area (Å²) in [5.74, 6) is -0.306. The molecule has 1 amide bonds. The van der Waals surface area contributed by atoms with Crippen LogP contribution in [0.3, 0.4) is 0 Å². The second-order valence-electron chi connectivity index (χ2n) is 2.92. The summed E-state index contributed by atoms with van der Waals surface area (Å²) >= 11 is 0. The van der Waals surface area contributed by atoms with Gasteiger partial charge in [-0.1, -0.05) is 24.3 Å². The van der Waals surface area contributed by atoms with E-state index in [9.17, 15) is 4.79 Å². The molecule has 0 spiro atoms. The molecule has 0 radical (unpaired) electrons. The molecule has 0 aromatic heterocycles. The van der Waals surface area contributed by atoms with Gasteiger partial charge >= 0.3 is 0 Å². The van der Waals surface area contributed by atoms with Crippen molar-refractivity contribution in [3.63, 3.8) is 0 Å². The molecule has 1 heterocycles. The number of primary amides is 1. The van der Waals surface area contributed by atoms with E-state index in [1.165, 1.54) is 5.56 Å². The minimum absolute atomic E-state index is 0.291. The molecule has 1 atom stereocenters. The Bertz CT molecular complexity index is 322. The zero-order chi connectivity index (χ0) is 8.55. The van der Waals surface area contributed by atoms with Gasteiger partial charge in [0.05, 0.1) is 0 Å². The normalized spacial score (nSPS) is 20.5. The standard InChI is InChI=1S/C9H10N2O/c10-9(12)8-7-4-2-1-3-6(7)5-11-8/h1-4,8,11H,5H2,(H2,10,12)/t8-/m0/s1. The predicted octanol–water partition coefficient (Wildman–Crippen LogP) is 0.316. The average molecular weight is 162 g/mol. The zero-order valence-electron chi connectivity index (χ0n) is 6.58. The van der Waals surface area contributed by atoms with Crippen molar-refractivity contribution in [2.24, 2.45) is 5.73 Å². The Morgan fingerprint density at radius 3 is 3.00 bits per heavy atom. The Morgan fingerprint density at radius 2 is 2.25 bits per heavy atom. The van der Waals surface area contributed by atoms with Crippen LogP contribution in [0.5, 0.6) is 0 Å². The van der Waals surface area contributed by atoms with Crippen molar-refractivity contribution in [2.75, 3.05) is 0 Å². The van der Waals surface area contributed by atoms with Crippen molar-refractivity contribution >= 4 is 5.91 Å². The second-order valence-corrected chi connectivity index (χ2v) is 2.92. The van der Waals surface area contributed by atoms with Gasteiger partial charge in [-0.3, -0.25) is 10.1 Å². The fraction of sp³-hybridized carbons (Fsp3) is 0.222. The van der Waals surface area contributed by atoms with Gasteiger partial charge in [0.15, 0.2) is 0 Å². The molecule has 3 nitrogen and oxygen atoms in total. The molecule has 1 aliphatic rings. The third-order valence-corrected chi connectivity index (χ3v) is 2.15. The fourth-order valence-corrected chi connectivity index (χ4v) is 1.55. The first kappa shape index (κ1) is 7.31. The van der Waals surface area contributed by atoms with E-state index < -0.39 is 0 Å². The summed E-state index contributed by atoms with van der Waals surface area (Å²) < 4.78 is 0. The first-order valence-corrected chi connectivity index (χ1v) is 3.89. The van der Waals surface area contributed by atoms with Gasteiger partial charge < -0.3 is 5.73 Å². The lowest BCUT2D eigenvalue weighted by atomic mass is 10.1. The SMILES string of the molecule is NC(=O)[C@H]1NCc2ccccc21. The van der Waals surface area contributed by atoms with E-state index in [-0.39, 0.29) is 11.9 Å². The predicted molar refractivity (Wildman–Crippen MR) is 45.2 cm³/mol. The van der Waals surface area contributed by atoms with Gasteiger partial charge in [-0.2, -0.15) is 0 Å². The Balaban J connectivity index is 2.42. The summed E-state index contributed by atoms with van der Waals surface area (Å²) in [6.45, 7) is 0.740. The Kier molecular flexibility index (Phi) is 1.59. The number of benzene rings is 1. The summed E-state index contributed by atoms with van der Waals surface area (Å²) in [4.78, 5) is 10.9. The molecule has 0 saturated carbocycles. The molecular weight excluding hydrogens is 152 g/mol. The molecule has 0 aliphatic carbocycles. The smallest absolute Gasteiger partial charge is 0.239 e. The van der Waals surface area contributed by atoms with Crippen LogP contribution in [0, 0.1) is 0 Å². The van der Waals surface area contributed by atoms with Crippen molar-refractivity contribution in [3.05, 3.63) is 35.4 Å². The van der Waals surface area contributed by atoms with E-state index in [0.29, 0.717) is 0 Å². The van der Waals surface area contributed by atoms with E-state index in [2.05, 4.69) is 5.32 Å². The van der Waals surface area contributed by atoms with E-state index in [1.807, 2.05) is 24.3 Å². The summed E-state index contributed by atoms with van der Waals surface area (Å²) in [6.07, 6.45) is 0. The number of carbonyl (C=O) groups excluding carboxylic acids is 1. The van der Waals surface area contributed by atoms with Gasteiger partial charge in [0.2, 0.25) is 5.91 Å². The number of nitrogens with one attached hydrogen (secondary N) is 1. The van der Waals surface area contributed by atoms with Crippen molar-refractivity contribution in [1.29, 1.82) is 0 Å². The Hall–Kier alpha value is -1.35. The average Bonchev–Trinajstić information content (AvgIpc) is 2.47. The van der Waals surface area contributed by atoms with Crippen LogP contribution >= 0.6 is 0 Å². The first-order chi connectivity index (χ1) is 5.79. The van der Waals surface area contributed by atoms with Gasteiger partial charge in [0.1, 0.15) is 6.04 Å². The van der Waals surface area contributed by atoms with Gasteiger partial charge in [-0.25, -0.2) is 0 Å². The van der Waals surface area contributed by atoms with Crippen LogP contribution in [-0.4, -0.2) is 5.91 Å². The maximum atomic E-state index is 10.9. The van der Waals surface area contributed by atoms with Crippen molar-refractivity contribution < 1.29 is 4.79 Å². The molecule has 1 aromatic rings. The van der Waals surface area contributed by atoms with Crippen LogP contribution < -0.4 is 11.1 Å². The molecule has 2 rings (SSSR count). The minimum atomic E-state index is -0.306. The highest BCUT2D eigenvalue weighted by molar-refractivity contribution is 5.82. The number of fused-ring (bicyclic) bond motifs is 1. The molecular formula is C9H10N2O. The van der Waals surface area contributed by atoms with Crippen LogP contribution in [0.4, 0.5) is 0 Å². The van der Waals surface area contributed by atoms with Crippen LogP contribution in [0.1, 0.15) is 17.2 Å². The van der Waals surface area contributed by atoms with E-state index in [1.54, 1.807) is 0 Å². The Morgan fingerprint density at radius 1 is 1.50 bits per heavy atom. The van der Waals surface area contributed by atoms with Crippen molar-refractivity contribution in [3.8, 4) is 0 Å². The quantitative estimate of drug-likeness (QED) is 0.624. The summed E-state index contributed by atoms with van der Waals surface area (Å²) in [5.41, 5.74) is 7.40. The van der Waals surface area contributed by atoms with Crippen LogP contribution in [-0.2, 0) is 11.3 Å². The third kappa shape index (κ3) is 0.987. The molecule has 1 aliphatic heterocycles. The van der Waals surface area contributed by atoms with Crippen LogP contribution in [0.15, 0.2) is 24.3 Å². The largest absolute Gasteiger partial charge is 0.368 e. The number of hydrogen-bond acceptors (Lipinski definition) is 2. The van der Waals surface area contributed by atoms with Gasteiger partial charge in [0, 0.05) is 6.54 Å². The molecule has 0 bridgehead atoms. The highest BCUT2D eigenvalue weighted by Gasteiger charge is 2.25. The van der Waals surface area contributed by atoms with Crippen LogP contribution in [0.2, 0.25) is 0 Å². The summed E-state index contributed by atoms with van der Waals surface area (Å²) in [6, 6.07) is 7.53. The van der Waals surface area contributed by atoms with Gasteiger partial charge in [0.25, 0.3) is 0 Å². The first-order valence-electron chi connectivity index (χ1n) is 3.89. The highest BCUT2D eigenvalue weighted by Crippen LogP contribution is 2.23. The lowest BCUT2D eigenvalue weighted by Gasteiger charge is -2.05. The number of rotatable bonds is 1. The molecule has 1 aromatic carbocycles. The molecule has 0 fully saturated rings. The monoisotopic (exact) mass is 162 g/mol. The van der Waals surface area contributed by atoms with Crippen LogP contribution in [0.25, 0.3) is 0 Å². The number of amides is 1. The molecule has 0 saturated heterocycles. The molecule has 12 heavy (non-hydrogen) atoms. The maximum absolute atomic E-state index is 10.9. The second kappa shape index (κ2) is 2.60. The summed E-state index contributed by atoms with van der Waals surface area (Å²) in [7, 11) is 0. The van der Waals surface area contributed by atoms with E-state index in [0.717, 1.165) is 12.1 Å².